The summed E-state index contributed by atoms with van der Waals surface area (Å²) in [4.78, 5) is 51.7. The van der Waals surface area contributed by atoms with Gasteiger partial charge in [-0.1, -0.05) is 24.3 Å². The zero-order valence-electron chi connectivity index (χ0n) is 17.5. The van der Waals surface area contributed by atoms with Gasteiger partial charge in [0.05, 0.1) is 38.4 Å². The fraction of sp³-hybridized carbons (Fsp3) is 0.0833. The number of fused-ring (bicyclic) bond motifs is 2. The van der Waals surface area contributed by atoms with E-state index in [1.54, 1.807) is 0 Å². The number of hydrogen-bond acceptors (Lipinski definition) is 4. The molecule has 0 saturated carbocycles. The molecule has 5 aromatic rings. The molecule has 0 fully saturated rings. The molecule has 0 aliphatic carbocycles. The number of hydrogen-bond donors (Lipinski definition) is 1. The van der Waals surface area contributed by atoms with E-state index in [9.17, 15) is 45.5 Å². The van der Waals surface area contributed by atoms with Crippen molar-refractivity contribution in [2.45, 2.75) is 12.4 Å². The second kappa shape index (κ2) is 7.51. The minimum atomic E-state index is -5.14. The highest BCUT2D eigenvalue weighted by atomic mass is 19.4. The van der Waals surface area contributed by atoms with Crippen LogP contribution in [0.25, 0.3) is 38.4 Å². The van der Waals surface area contributed by atoms with Gasteiger partial charge in [-0.05, 0) is 41.5 Å². The topological polar surface area (TPSA) is 89.0 Å². The second-order valence-corrected chi connectivity index (χ2v) is 7.94. The number of benzene rings is 3. The van der Waals surface area contributed by atoms with Crippen molar-refractivity contribution in [2.75, 3.05) is 0 Å². The van der Waals surface area contributed by atoms with Crippen molar-refractivity contribution in [3.63, 3.8) is 0 Å². The molecular weight excluding hydrogens is 494 g/mol. The fourth-order valence-corrected chi connectivity index (χ4v) is 4.24. The molecule has 3 aromatic carbocycles. The lowest BCUT2D eigenvalue weighted by atomic mass is 9.94. The van der Waals surface area contributed by atoms with E-state index in [2.05, 4.69) is 0 Å². The summed E-state index contributed by atoms with van der Waals surface area (Å²) in [6.45, 7) is 0. The summed E-state index contributed by atoms with van der Waals surface area (Å²) in [5.74, 6) is 0. The highest BCUT2D eigenvalue weighted by molar-refractivity contribution is 5.98. The van der Waals surface area contributed by atoms with Gasteiger partial charge in [-0.2, -0.15) is 26.3 Å². The third-order valence-corrected chi connectivity index (χ3v) is 5.83. The highest BCUT2D eigenvalue weighted by Crippen LogP contribution is 2.43. The van der Waals surface area contributed by atoms with Crippen LogP contribution < -0.4 is 22.2 Å². The normalized spacial score (nSPS) is 12.6. The van der Waals surface area contributed by atoms with Crippen molar-refractivity contribution in [3.8, 4) is 16.8 Å². The van der Waals surface area contributed by atoms with Crippen LogP contribution in [0.4, 0.5) is 26.3 Å². The fourth-order valence-electron chi connectivity index (χ4n) is 4.24. The van der Waals surface area contributed by atoms with E-state index in [0.29, 0.717) is 16.7 Å². The van der Waals surface area contributed by atoms with Gasteiger partial charge in [-0.25, -0.2) is 4.57 Å². The van der Waals surface area contributed by atoms with Gasteiger partial charge in [0.2, 0.25) is 0 Å². The molecule has 0 spiro atoms. The van der Waals surface area contributed by atoms with Gasteiger partial charge < -0.3 is 0 Å². The van der Waals surface area contributed by atoms with Crippen LogP contribution in [0.3, 0.4) is 0 Å². The Morgan fingerprint density at radius 1 is 0.583 bits per heavy atom. The Kier molecular flexibility index (Phi) is 4.85. The molecule has 0 atom stereocenters. The number of H-pyrrole nitrogens is 1. The van der Waals surface area contributed by atoms with Crippen LogP contribution in [0.5, 0.6) is 0 Å². The molecule has 12 heteroatoms. The van der Waals surface area contributed by atoms with Crippen LogP contribution in [-0.4, -0.2) is 9.55 Å². The van der Waals surface area contributed by atoms with E-state index >= 15 is 0 Å². The van der Waals surface area contributed by atoms with Gasteiger partial charge >= 0.3 is 12.4 Å². The first-order chi connectivity index (χ1) is 16.8. The van der Waals surface area contributed by atoms with Gasteiger partial charge in [0, 0.05) is 0 Å². The molecule has 6 nitrogen and oxygen atoms in total. The second-order valence-electron chi connectivity index (χ2n) is 7.94. The molecule has 0 bridgehead atoms. The molecule has 5 rings (SSSR count). The van der Waals surface area contributed by atoms with E-state index in [1.807, 2.05) is 4.98 Å². The Morgan fingerprint density at radius 2 is 1.08 bits per heavy atom. The first-order valence-electron chi connectivity index (χ1n) is 10.1. The van der Waals surface area contributed by atoms with Gasteiger partial charge in [0.15, 0.2) is 0 Å². The molecule has 0 saturated heterocycles. The molecule has 182 valence electrons. The Balaban J connectivity index is 1.80. The van der Waals surface area contributed by atoms with Gasteiger partial charge in [-0.3, -0.25) is 24.2 Å². The van der Waals surface area contributed by atoms with Gasteiger partial charge in [0.25, 0.3) is 22.2 Å². The van der Waals surface area contributed by atoms with Gasteiger partial charge in [-0.15, -0.1) is 0 Å². The molecular formula is C24H10F6N2O4. The average Bonchev–Trinajstić information content (AvgIpc) is 3.23. The lowest BCUT2D eigenvalue weighted by molar-refractivity contribution is -0.139. The smallest absolute Gasteiger partial charge is 0.288 e. The number of rotatable bonds is 2. The minimum Gasteiger partial charge on any atom is -0.288 e. The number of nitrogens with one attached hydrogen (secondary N) is 1. The minimum absolute atomic E-state index is 0.170. The van der Waals surface area contributed by atoms with Crippen molar-refractivity contribution in [3.05, 3.63) is 107 Å². The molecule has 0 unspecified atom stereocenters. The Labute approximate surface area is 194 Å². The Hall–Kier alpha value is -4.48. The van der Waals surface area contributed by atoms with Crippen molar-refractivity contribution in [1.82, 2.24) is 9.55 Å². The van der Waals surface area contributed by atoms with Crippen molar-refractivity contribution < 1.29 is 26.3 Å². The summed E-state index contributed by atoms with van der Waals surface area (Å²) >= 11 is 0. The zero-order chi connectivity index (χ0) is 26.2. The Morgan fingerprint density at radius 3 is 1.61 bits per heavy atom. The molecule has 0 radical (unpaired) electrons. The molecule has 2 heterocycles. The predicted octanol–water partition coefficient (Wildman–Crippen LogP) is 4.13. The zero-order valence-corrected chi connectivity index (χ0v) is 17.5. The average molecular weight is 504 g/mol. The lowest BCUT2D eigenvalue weighted by Gasteiger charge is -2.18. The lowest BCUT2D eigenvalue weighted by Crippen LogP contribution is -2.24. The summed E-state index contributed by atoms with van der Waals surface area (Å²) in [7, 11) is 0. The first-order valence-corrected chi connectivity index (χ1v) is 10.1. The summed E-state index contributed by atoms with van der Waals surface area (Å²) < 4.78 is 82.7. The number of aromatic amines is 1. The quantitative estimate of drug-likeness (QED) is 0.366. The van der Waals surface area contributed by atoms with Crippen molar-refractivity contribution in [1.29, 1.82) is 0 Å². The first kappa shape index (κ1) is 23.3. The number of alkyl halides is 6. The summed E-state index contributed by atoms with van der Waals surface area (Å²) in [5, 5.41) is -0.944. The van der Waals surface area contributed by atoms with E-state index < -0.39 is 62.5 Å². The molecule has 0 aliphatic rings. The summed E-state index contributed by atoms with van der Waals surface area (Å²) in [6, 6.07) is 7.81. The van der Waals surface area contributed by atoms with Crippen molar-refractivity contribution in [2.24, 2.45) is 0 Å². The van der Waals surface area contributed by atoms with Crippen molar-refractivity contribution >= 4 is 21.5 Å². The molecule has 0 aliphatic heterocycles. The maximum absolute atomic E-state index is 14.0. The Bertz CT molecular complexity index is 1830. The van der Waals surface area contributed by atoms with E-state index in [1.165, 1.54) is 0 Å². The van der Waals surface area contributed by atoms with Crippen LogP contribution in [0, 0.1) is 0 Å². The van der Waals surface area contributed by atoms with E-state index in [4.69, 9.17) is 0 Å². The largest absolute Gasteiger partial charge is 0.417 e. The highest BCUT2D eigenvalue weighted by Gasteiger charge is 2.38. The maximum atomic E-state index is 14.0. The monoisotopic (exact) mass is 504 g/mol. The van der Waals surface area contributed by atoms with Crippen LogP contribution in [0.15, 0.2) is 73.8 Å². The van der Waals surface area contributed by atoms with Crippen LogP contribution >= 0.6 is 0 Å². The SMILES string of the molecule is O=c1[nH]c(=O)c2cc3c(=O)n(-c4ccc(-c5ccccc5C(F)(F)F)c(C(F)(F)F)c4)c(=O)c3cc12. The molecule has 1 N–H and O–H groups in total. The van der Waals surface area contributed by atoms with Crippen LogP contribution in [-0.2, 0) is 12.4 Å². The summed E-state index contributed by atoms with van der Waals surface area (Å²) in [6.07, 6.45) is -10.1. The molecule has 36 heavy (non-hydrogen) atoms. The number of nitrogens with zero attached hydrogens (tertiary/aromatic N) is 1. The van der Waals surface area contributed by atoms with E-state index in [0.717, 1.165) is 42.5 Å². The standard InChI is InChI=1S/C24H10F6N2O4/c25-23(26,27)17-4-2-1-3-11(17)12-6-5-10(7-18(12)24(28,29)30)32-21(35)15-8-13-14(9-16(15)22(32)36)20(34)31-19(13)33/h1-9H,(H,31,33,34). The van der Waals surface area contributed by atoms with E-state index in [-0.39, 0.29) is 21.5 Å². The maximum Gasteiger partial charge on any atom is 0.417 e. The van der Waals surface area contributed by atoms with Crippen LogP contribution in [0.1, 0.15) is 11.1 Å². The third-order valence-electron chi connectivity index (χ3n) is 5.83. The van der Waals surface area contributed by atoms with Crippen LogP contribution in [0.2, 0.25) is 0 Å². The summed E-state index contributed by atoms with van der Waals surface area (Å²) in [5.41, 5.74) is -8.57. The predicted molar refractivity (Wildman–Crippen MR) is 118 cm³/mol. The molecule has 0 amide bonds. The molecule has 2 aromatic heterocycles. The van der Waals surface area contributed by atoms with Gasteiger partial charge in [0.1, 0.15) is 0 Å². The number of halogens is 6. The third kappa shape index (κ3) is 3.44. The number of aromatic nitrogens is 2.